The Morgan fingerprint density at radius 1 is 1.32 bits per heavy atom. The summed E-state index contributed by atoms with van der Waals surface area (Å²) < 4.78 is 42.4. The summed E-state index contributed by atoms with van der Waals surface area (Å²) in [7, 11) is 0. The van der Waals surface area contributed by atoms with Crippen LogP contribution in [0.2, 0.25) is 0 Å². The molecule has 0 atom stereocenters. The van der Waals surface area contributed by atoms with Crippen LogP contribution in [0.15, 0.2) is 22.7 Å². The fourth-order valence-electron chi connectivity index (χ4n) is 1.35. The van der Waals surface area contributed by atoms with Crippen LogP contribution < -0.4 is 11.5 Å². The molecule has 9 heteroatoms. The van der Waals surface area contributed by atoms with E-state index >= 15 is 0 Å². The Balaban J connectivity index is 2.51. The number of nitrogens with zero attached hydrogens (tertiary/aromatic N) is 2. The van der Waals surface area contributed by atoms with E-state index in [-0.39, 0.29) is 17.1 Å². The molecular formula is C10H7F3N4O2. The number of nitrogen functional groups attached to an aromatic ring is 1. The van der Waals surface area contributed by atoms with Crippen molar-refractivity contribution in [2.24, 2.45) is 5.73 Å². The number of carbonyl (C=O) groups is 1. The second-order valence-corrected chi connectivity index (χ2v) is 3.59. The predicted octanol–water partition coefficient (Wildman–Crippen LogP) is 1.44. The first-order valence-corrected chi connectivity index (χ1v) is 4.89. The van der Waals surface area contributed by atoms with Gasteiger partial charge in [0.05, 0.1) is 11.1 Å². The van der Waals surface area contributed by atoms with Crippen molar-refractivity contribution in [3.8, 4) is 11.5 Å². The maximum Gasteiger partial charge on any atom is 0.416 e. The Labute approximate surface area is 104 Å². The number of aromatic nitrogens is 2. The van der Waals surface area contributed by atoms with Crippen molar-refractivity contribution in [1.82, 2.24) is 10.1 Å². The number of amides is 1. The molecule has 0 saturated heterocycles. The van der Waals surface area contributed by atoms with E-state index in [4.69, 9.17) is 11.5 Å². The molecule has 2 rings (SSSR count). The van der Waals surface area contributed by atoms with Gasteiger partial charge in [-0.1, -0.05) is 5.16 Å². The van der Waals surface area contributed by atoms with E-state index in [2.05, 4.69) is 14.7 Å². The van der Waals surface area contributed by atoms with Crippen molar-refractivity contribution >= 4 is 11.6 Å². The molecule has 0 saturated carbocycles. The molecule has 0 bridgehead atoms. The van der Waals surface area contributed by atoms with Crippen molar-refractivity contribution in [3.05, 3.63) is 29.6 Å². The van der Waals surface area contributed by atoms with Crippen molar-refractivity contribution < 1.29 is 22.5 Å². The van der Waals surface area contributed by atoms with Crippen molar-refractivity contribution in [2.75, 3.05) is 5.73 Å². The molecule has 0 aliphatic carbocycles. The third-order valence-corrected chi connectivity index (χ3v) is 2.26. The van der Waals surface area contributed by atoms with Crippen molar-refractivity contribution in [3.63, 3.8) is 0 Å². The van der Waals surface area contributed by atoms with Gasteiger partial charge in [0.25, 0.3) is 17.6 Å². The van der Waals surface area contributed by atoms with E-state index in [0.717, 1.165) is 18.2 Å². The van der Waals surface area contributed by atoms with Crippen LogP contribution in [0.1, 0.15) is 16.2 Å². The highest BCUT2D eigenvalue weighted by atomic mass is 19.4. The van der Waals surface area contributed by atoms with Crippen molar-refractivity contribution in [1.29, 1.82) is 0 Å². The molecule has 4 N–H and O–H groups in total. The summed E-state index contributed by atoms with van der Waals surface area (Å²) in [6.45, 7) is 0. The number of primary amides is 1. The summed E-state index contributed by atoms with van der Waals surface area (Å²) in [6.07, 6.45) is -4.53. The highest BCUT2D eigenvalue weighted by Crippen LogP contribution is 2.34. The van der Waals surface area contributed by atoms with Gasteiger partial charge in [-0.3, -0.25) is 4.79 Å². The van der Waals surface area contributed by atoms with E-state index in [0.29, 0.717) is 0 Å². The Hall–Kier alpha value is -2.58. The van der Waals surface area contributed by atoms with Crippen LogP contribution in [0.3, 0.4) is 0 Å². The number of benzene rings is 1. The van der Waals surface area contributed by atoms with Crippen LogP contribution in [0.25, 0.3) is 11.5 Å². The summed E-state index contributed by atoms with van der Waals surface area (Å²) in [4.78, 5) is 14.3. The van der Waals surface area contributed by atoms with Gasteiger partial charge < -0.3 is 16.0 Å². The number of nitrogens with two attached hydrogens (primary N) is 2. The Morgan fingerprint density at radius 2 is 2.00 bits per heavy atom. The maximum absolute atomic E-state index is 12.6. The highest BCUT2D eigenvalue weighted by Gasteiger charge is 2.31. The van der Waals surface area contributed by atoms with Gasteiger partial charge in [-0.05, 0) is 18.2 Å². The first-order valence-electron chi connectivity index (χ1n) is 4.89. The van der Waals surface area contributed by atoms with E-state index in [1.165, 1.54) is 0 Å². The molecule has 19 heavy (non-hydrogen) atoms. The second kappa shape index (κ2) is 4.26. The number of alkyl halides is 3. The zero-order chi connectivity index (χ0) is 14.2. The first kappa shape index (κ1) is 12.9. The lowest BCUT2D eigenvalue weighted by Gasteiger charge is -2.08. The number of carbonyl (C=O) groups excluding carboxylic acids is 1. The molecule has 1 aromatic heterocycles. The van der Waals surface area contributed by atoms with Crippen LogP contribution in [0, 0.1) is 0 Å². The summed E-state index contributed by atoms with van der Waals surface area (Å²) in [5.74, 6) is -1.70. The lowest BCUT2D eigenvalue weighted by Crippen LogP contribution is -2.12. The lowest BCUT2D eigenvalue weighted by molar-refractivity contribution is -0.137. The Morgan fingerprint density at radius 3 is 2.53 bits per heavy atom. The molecule has 0 radical (unpaired) electrons. The fraction of sp³-hybridized carbons (Fsp3) is 0.100. The highest BCUT2D eigenvalue weighted by molar-refractivity contribution is 5.89. The van der Waals surface area contributed by atoms with Crippen LogP contribution in [0.5, 0.6) is 0 Å². The predicted molar refractivity (Wildman–Crippen MR) is 57.7 cm³/mol. The minimum atomic E-state index is -4.53. The molecule has 0 spiro atoms. The van der Waals surface area contributed by atoms with Gasteiger partial charge in [0, 0.05) is 5.69 Å². The molecule has 0 fully saturated rings. The average molecular weight is 272 g/mol. The maximum atomic E-state index is 12.6. The lowest BCUT2D eigenvalue weighted by atomic mass is 10.1. The third-order valence-electron chi connectivity index (χ3n) is 2.26. The number of halogens is 3. The molecule has 0 unspecified atom stereocenters. The minimum Gasteiger partial charge on any atom is -0.398 e. The van der Waals surface area contributed by atoms with E-state index in [1.807, 2.05) is 0 Å². The van der Waals surface area contributed by atoms with Gasteiger partial charge in [-0.25, -0.2) is 0 Å². The molecule has 1 aromatic carbocycles. The van der Waals surface area contributed by atoms with Crippen LogP contribution in [0.4, 0.5) is 18.9 Å². The molecule has 100 valence electrons. The zero-order valence-electron chi connectivity index (χ0n) is 9.23. The van der Waals surface area contributed by atoms with Gasteiger partial charge in [0.2, 0.25) is 0 Å². The van der Waals surface area contributed by atoms with Crippen molar-refractivity contribution in [2.45, 2.75) is 6.18 Å². The third kappa shape index (κ3) is 2.49. The standard InChI is InChI=1S/C10H7F3N4O2/c11-10(12,13)4-1-2-6(14)5(3-4)9-16-8(7(15)18)17-19-9/h1-3H,14H2,(H2,15,18). The number of anilines is 1. The molecule has 1 heterocycles. The van der Waals surface area contributed by atoms with E-state index in [1.54, 1.807) is 0 Å². The fourth-order valence-corrected chi connectivity index (χ4v) is 1.35. The Kier molecular flexibility index (Phi) is 2.89. The smallest absolute Gasteiger partial charge is 0.398 e. The van der Waals surface area contributed by atoms with E-state index in [9.17, 15) is 18.0 Å². The number of hydrogen-bond donors (Lipinski definition) is 2. The van der Waals surface area contributed by atoms with Gasteiger partial charge in [0.1, 0.15) is 0 Å². The van der Waals surface area contributed by atoms with Crippen LogP contribution >= 0.6 is 0 Å². The number of hydrogen-bond acceptors (Lipinski definition) is 5. The van der Waals surface area contributed by atoms with Gasteiger partial charge in [-0.15, -0.1) is 0 Å². The minimum absolute atomic E-state index is 0.00710. The summed E-state index contributed by atoms with van der Waals surface area (Å²) in [5, 5.41) is 3.23. The molecule has 1 amide bonds. The second-order valence-electron chi connectivity index (χ2n) is 3.59. The first-order chi connectivity index (χ1) is 8.79. The van der Waals surface area contributed by atoms with Gasteiger partial charge >= 0.3 is 6.18 Å². The number of rotatable bonds is 2. The average Bonchev–Trinajstić information content (AvgIpc) is 2.77. The van der Waals surface area contributed by atoms with Crippen LogP contribution in [-0.2, 0) is 6.18 Å². The SMILES string of the molecule is NC(=O)c1noc(-c2cc(C(F)(F)F)ccc2N)n1. The summed E-state index contributed by atoms with van der Waals surface area (Å²) in [6, 6.07) is 2.64. The topological polar surface area (TPSA) is 108 Å². The summed E-state index contributed by atoms with van der Waals surface area (Å²) >= 11 is 0. The quantitative estimate of drug-likeness (QED) is 0.804. The molecule has 0 aliphatic rings. The monoisotopic (exact) mass is 272 g/mol. The van der Waals surface area contributed by atoms with Gasteiger partial charge in [-0.2, -0.15) is 18.2 Å². The largest absolute Gasteiger partial charge is 0.416 e. The normalized spacial score (nSPS) is 11.5. The van der Waals surface area contributed by atoms with Gasteiger partial charge in [0.15, 0.2) is 0 Å². The molecule has 6 nitrogen and oxygen atoms in total. The zero-order valence-corrected chi connectivity index (χ0v) is 9.23. The molecule has 0 aliphatic heterocycles. The Bertz CT molecular complexity index is 636. The van der Waals surface area contributed by atoms with Crippen LogP contribution in [-0.4, -0.2) is 16.0 Å². The van der Waals surface area contributed by atoms with E-state index < -0.39 is 23.5 Å². The molecular weight excluding hydrogens is 265 g/mol. The summed E-state index contributed by atoms with van der Waals surface area (Å²) in [5.41, 5.74) is 9.42. The molecule has 2 aromatic rings.